The minimum absolute atomic E-state index is 0.0152. The molecule has 0 saturated heterocycles. The number of nitrogens with zero attached hydrogens (tertiary/aromatic N) is 2. The molecule has 9 amide bonds. The number of nitrogens with one attached hydrogen (secondary N) is 8. The van der Waals surface area contributed by atoms with E-state index in [1.165, 1.54) is 48.5 Å². The zero-order valence-corrected chi connectivity index (χ0v) is 45.5. The number of nitrogens with two attached hydrogens (primary N) is 6. The zero-order valence-electron chi connectivity index (χ0n) is 45.5. The van der Waals surface area contributed by atoms with Crippen molar-refractivity contribution in [3.63, 3.8) is 0 Å². The number of phenols is 2. The summed E-state index contributed by atoms with van der Waals surface area (Å²) in [6.45, 7) is -1.92. The third-order valence-corrected chi connectivity index (χ3v) is 12.0. The van der Waals surface area contributed by atoms with Gasteiger partial charge in [-0.15, -0.1) is 0 Å². The number of hydrogen-bond acceptors (Lipinski definition) is 18. The van der Waals surface area contributed by atoms with E-state index in [9.17, 15) is 88.2 Å². The van der Waals surface area contributed by atoms with Crippen LogP contribution in [0.2, 0.25) is 0 Å². The lowest BCUT2D eigenvalue weighted by molar-refractivity contribution is -0.143. The lowest BCUT2D eigenvalue weighted by Crippen LogP contribution is -2.60. The second-order valence-electron chi connectivity index (χ2n) is 18.8. The first kappa shape index (κ1) is 70.2. The summed E-state index contributed by atoms with van der Waals surface area (Å²) in [5, 5.41) is 77.1. The van der Waals surface area contributed by atoms with Crippen LogP contribution in [0.5, 0.6) is 11.5 Å². The van der Waals surface area contributed by atoms with Crippen LogP contribution in [0.15, 0.2) is 58.5 Å². The molecule has 0 fully saturated rings. The van der Waals surface area contributed by atoms with E-state index >= 15 is 0 Å². The van der Waals surface area contributed by atoms with E-state index in [4.69, 9.17) is 34.4 Å². The number of aliphatic hydroxyl groups excluding tert-OH is 1. The van der Waals surface area contributed by atoms with E-state index in [0.29, 0.717) is 11.1 Å². The largest absolute Gasteiger partial charge is 0.508 e. The van der Waals surface area contributed by atoms with Crippen molar-refractivity contribution < 1.29 is 88.2 Å². The molecule has 0 aromatic heterocycles. The molecule has 0 bridgehead atoms. The zero-order chi connectivity index (χ0) is 63.1. The summed E-state index contributed by atoms with van der Waals surface area (Å²) in [4.78, 5) is 164. The topological polar surface area (TPSA) is 603 Å². The van der Waals surface area contributed by atoms with Crippen LogP contribution in [-0.2, 0) is 70.4 Å². The highest BCUT2D eigenvalue weighted by atomic mass is 16.4. The van der Waals surface area contributed by atoms with Crippen LogP contribution in [0.25, 0.3) is 0 Å². The maximum absolute atomic E-state index is 14.3. The standard InChI is InChI=1S/C50H74N16O18/c51-29(3-1-19-57-49(53)54)41(76)61-31(13-16-37(52)70)43(78)63-32(15-18-40(74)75)44(79)62-30(14-17-39(72)73)42(77)59-23-38(71)60-34(21-25-5-9-27(68)10-6-25)45(80)65-35(22-26-7-11-28(69)12-8-26)46(81)66-36(24-67)47(82)64-33(48(83)84)4-2-20-58-50(55)56/h5-12,29-36,67-69H,1-4,13-24,51H2,(H2,52,70)(H,59,77)(H,60,71)(H,61,76)(H,62,79)(H,63,78)(H,64,82)(H,65,80)(H,66,81)(H,72,73)(H,74,75)(H,83,84)(H4,53,54,57)(H4,55,56,58)/t29-,30-,31-,32-,33-,34-,35-,36-/m0/s1. The van der Waals surface area contributed by atoms with E-state index in [2.05, 4.69) is 52.5 Å². The number of carboxylic acid groups (broad SMARTS) is 3. The predicted molar refractivity (Wildman–Crippen MR) is 295 cm³/mol. The van der Waals surface area contributed by atoms with Crippen LogP contribution in [-0.4, -0.2) is 188 Å². The van der Waals surface area contributed by atoms with E-state index in [1.54, 1.807) is 0 Å². The molecule has 84 heavy (non-hydrogen) atoms. The number of carbonyl (C=O) groups excluding carboxylic acids is 9. The smallest absolute Gasteiger partial charge is 0.326 e. The second kappa shape index (κ2) is 36.5. The number of carboxylic acids is 3. The Kier molecular flexibility index (Phi) is 30.5. The van der Waals surface area contributed by atoms with Crippen molar-refractivity contribution in [2.24, 2.45) is 44.4 Å². The van der Waals surface area contributed by atoms with Crippen molar-refractivity contribution in [1.82, 2.24) is 42.5 Å². The Morgan fingerprint density at radius 2 is 0.810 bits per heavy atom. The fourth-order valence-electron chi connectivity index (χ4n) is 7.56. The van der Waals surface area contributed by atoms with Gasteiger partial charge in [0.1, 0.15) is 53.8 Å². The third kappa shape index (κ3) is 28.0. The number of benzene rings is 2. The number of amides is 9. The minimum Gasteiger partial charge on any atom is -0.508 e. The molecule has 34 nitrogen and oxygen atoms in total. The molecular weight excluding hydrogens is 1110 g/mol. The van der Waals surface area contributed by atoms with Gasteiger partial charge in [0.25, 0.3) is 0 Å². The first-order valence-electron chi connectivity index (χ1n) is 26.0. The fourth-order valence-corrected chi connectivity index (χ4v) is 7.56. The van der Waals surface area contributed by atoms with Crippen molar-refractivity contribution in [3.8, 4) is 11.5 Å². The molecular formula is C50H74N16O18. The number of phenolic OH excluding ortho intramolecular Hbond substituents is 2. The summed E-state index contributed by atoms with van der Waals surface area (Å²) >= 11 is 0. The average Bonchev–Trinajstić information content (AvgIpc) is 3.58. The Morgan fingerprint density at radius 1 is 0.440 bits per heavy atom. The Hall–Kier alpha value is -9.86. The van der Waals surface area contributed by atoms with Crippen LogP contribution in [0, 0.1) is 0 Å². The first-order valence-corrected chi connectivity index (χ1v) is 26.0. The molecule has 2 aromatic carbocycles. The minimum atomic E-state index is -1.81. The maximum Gasteiger partial charge on any atom is 0.326 e. The molecule has 8 atom stereocenters. The molecule has 2 rings (SSSR count). The second-order valence-corrected chi connectivity index (χ2v) is 18.8. The lowest BCUT2D eigenvalue weighted by Gasteiger charge is -2.26. The van der Waals surface area contributed by atoms with Gasteiger partial charge in [-0.25, -0.2) is 4.79 Å². The number of aliphatic hydroxyl groups is 1. The van der Waals surface area contributed by atoms with Gasteiger partial charge in [0.15, 0.2) is 11.9 Å². The molecule has 0 saturated carbocycles. The molecule has 0 aliphatic rings. The monoisotopic (exact) mass is 1190 g/mol. The molecule has 0 unspecified atom stereocenters. The third-order valence-electron chi connectivity index (χ3n) is 12.0. The summed E-state index contributed by atoms with van der Waals surface area (Å²) in [5.74, 6) is -14.9. The van der Waals surface area contributed by atoms with Gasteiger partial charge in [0, 0.05) is 45.2 Å². The van der Waals surface area contributed by atoms with Crippen LogP contribution in [0.1, 0.15) is 75.3 Å². The molecule has 462 valence electrons. The number of hydrogen-bond donors (Lipinski definition) is 20. The van der Waals surface area contributed by atoms with E-state index in [0.717, 1.165) is 0 Å². The quantitative estimate of drug-likeness (QED) is 0.0168. The summed E-state index contributed by atoms with van der Waals surface area (Å²) < 4.78 is 0. The Labute approximate surface area is 479 Å². The summed E-state index contributed by atoms with van der Waals surface area (Å²) in [5.41, 5.74) is 33.1. The highest BCUT2D eigenvalue weighted by Gasteiger charge is 2.34. The average molecular weight is 1190 g/mol. The molecule has 0 spiro atoms. The number of primary amides is 1. The number of aliphatic imine (C=N–C) groups is 2. The summed E-state index contributed by atoms with van der Waals surface area (Å²) in [7, 11) is 0. The fraction of sp³-hybridized carbons (Fsp3) is 0.480. The van der Waals surface area contributed by atoms with Crippen LogP contribution in [0.3, 0.4) is 0 Å². The molecule has 0 heterocycles. The predicted octanol–water partition coefficient (Wildman–Crippen LogP) is -7.10. The number of rotatable bonds is 39. The van der Waals surface area contributed by atoms with Gasteiger partial charge in [0.05, 0.1) is 19.2 Å². The Morgan fingerprint density at radius 3 is 1.24 bits per heavy atom. The molecule has 0 aliphatic heterocycles. The van der Waals surface area contributed by atoms with Crippen molar-refractivity contribution in [1.29, 1.82) is 0 Å². The number of aliphatic carboxylic acids is 3. The summed E-state index contributed by atoms with van der Waals surface area (Å²) in [6, 6.07) is -2.41. The SMILES string of the molecule is NC(=O)CC[C@H](NC(=O)[C@@H](N)CCCN=C(N)N)C(=O)N[C@@H](CCC(=O)O)C(=O)N[C@@H](CCC(=O)O)C(=O)NCC(=O)N[C@@H](Cc1ccc(O)cc1)C(=O)N[C@@H](Cc1ccc(O)cc1)C(=O)N[C@@H](CO)C(=O)N[C@@H](CCCN=C(N)N)C(=O)O. The maximum atomic E-state index is 14.3. The van der Waals surface area contributed by atoms with Crippen molar-refractivity contribution in [2.75, 3.05) is 26.2 Å². The van der Waals surface area contributed by atoms with Crippen LogP contribution < -0.4 is 76.9 Å². The van der Waals surface area contributed by atoms with Gasteiger partial charge in [-0.3, -0.25) is 62.7 Å². The van der Waals surface area contributed by atoms with Gasteiger partial charge in [-0.05, 0) is 80.3 Å². The molecule has 0 aliphatic carbocycles. The van der Waals surface area contributed by atoms with Crippen molar-refractivity contribution >= 4 is 83.0 Å². The van der Waals surface area contributed by atoms with E-state index in [-0.39, 0.29) is 75.0 Å². The normalized spacial score (nSPS) is 13.6. The van der Waals surface area contributed by atoms with E-state index in [1.807, 2.05) is 0 Å². The van der Waals surface area contributed by atoms with Gasteiger partial charge < -0.3 is 108 Å². The molecule has 26 N–H and O–H groups in total. The van der Waals surface area contributed by atoms with Crippen molar-refractivity contribution in [2.45, 2.75) is 125 Å². The molecule has 2 aromatic rings. The van der Waals surface area contributed by atoms with Gasteiger partial charge in [0.2, 0.25) is 53.2 Å². The summed E-state index contributed by atoms with van der Waals surface area (Å²) in [6.07, 6.45) is -4.22. The lowest BCUT2D eigenvalue weighted by atomic mass is 10.0. The highest BCUT2D eigenvalue weighted by Crippen LogP contribution is 2.15. The molecule has 34 heteroatoms. The number of carbonyl (C=O) groups is 12. The van der Waals surface area contributed by atoms with Gasteiger partial charge in [-0.1, -0.05) is 24.3 Å². The number of guanidine groups is 2. The van der Waals surface area contributed by atoms with E-state index < -0.39 is 171 Å². The van der Waals surface area contributed by atoms with Crippen LogP contribution in [0.4, 0.5) is 0 Å². The van der Waals surface area contributed by atoms with Crippen molar-refractivity contribution in [3.05, 3.63) is 59.7 Å². The Balaban J connectivity index is 2.41. The van der Waals surface area contributed by atoms with Gasteiger partial charge >= 0.3 is 17.9 Å². The number of aromatic hydroxyl groups is 2. The highest BCUT2D eigenvalue weighted by molar-refractivity contribution is 5.98. The van der Waals surface area contributed by atoms with Crippen LogP contribution >= 0.6 is 0 Å². The first-order chi connectivity index (χ1) is 39.6. The van der Waals surface area contributed by atoms with Gasteiger partial charge in [-0.2, -0.15) is 0 Å². The Bertz CT molecular complexity index is 2670. The molecule has 0 radical (unpaired) electrons.